The normalized spacial score (nSPS) is 23.7. The Morgan fingerprint density at radius 3 is 2.33 bits per heavy atom. The van der Waals surface area contributed by atoms with Crippen molar-refractivity contribution >= 4 is 5.69 Å². The molecule has 3 aromatic rings. The van der Waals surface area contributed by atoms with Gasteiger partial charge >= 0.3 is 0 Å². The number of nitrogens with zero attached hydrogens (tertiary/aromatic N) is 1. The summed E-state index contributed by atoms with van der Waals surface area (Å²) in [6.45, 7) is 1.72. The minimum atomic E-state index is -0.189. The van der Waals surface area contributed by atoms with Crippen molar-refractivity contribution in [2.24, 2.45) is 5.92 Å². The fourth-order valence-electron chi connectivity index (χ4n) is 4.45. The van der Waals surface area contributed by atoms with Crippen LogP contribution >= 0.6 is 0 Å². The van der Waals surface area contributed by atoms with E-state index in [1.807, 2.05) is 12.1 Å². The van der Waals surface area contributed by atoms with Crippen molar-refractivity contribution in [2.75, 3.05) is 11.4 Å². The molecule has 2 aliphatic rings. The molecular formula is C23H22FN3. The molecule has 2 heterocycles. The number of para-hydroxylation sites is 1. The molecule has 2 N–H and O–H groups in total. The zero-order valence-electron chi connectivity index (χ0n) is 15.0. The molecule has 1 saturated heterocycles. The number of benzene rings is 3. The van der Waals surface area contributed by atoms with Crippen molar-refractivity contribution in [3.63, 3.8) is 0 Å². The van der Waals surface area contributed by atoms with Crippen molar-refractivity contribution in [3.05, 3.63) is 101 Å². The topological polar surface area (TPSA) is 27.3 Å². The third kappa shape index (κ3) is 3.01. The first-order valence-corrected chi connectivity index (χ1v) is 9.44. The van der Waals surface area contributed by atoms with Crippen molar-refractivity contribution < 1.29 is 4.39 Å². The molecule has 0 saturated carbocycles. The fraction of sp³-hybridized carbons (Fsp3) is 0.217. The quantitative estimate of drug-likeness (QED) is 0.728. The van der Waals surface area contributed by atoms with E-state index in [2.05, 4.69) is 70.3 Å². The molecule has 0 aliphatic carbocycles. The Morgan fingerprint density at radius 1 is 0.815 bits per heavy atom. The van der Waals surface area contributed by atoms with E-state index in [0.717, 1.165) is 18.7 Å². The van der Waals surface area contributed by atoms with Crippen LogP contribution in [0.2, 0.25) is 0 Å². The van der Waals surface area contributed by atoms with Crippen LogP contribution in [0, 0.1) is 11.7 Å². The number of hydrogen-bond donors (Lipinski definition) is 2. The van der Waals surface area contributed by atoms with Crippen LogP contribution in [0.25, 0.3) is 0 Å². The van der Waals surface area contributed by atoms with E-state index in [0.29, 0.717) is 5.92 Å². The number of halogens is 1. The smallest absolute Gasteiger partial charge is 0.123 e. The largest absolute Gasteiger partial charge is 0.367 e. The van der Waals surface area contributed by atoms with Gasteiger partial charge in [-0.1, -0.05) is 60.7 Å². The second-order valence-electron chi connectivity index (χ2n) is 7.38. The molecule has 3 unspecified atom stereocenters. The summed E-state index contributed by atoms with van der Waals surface area (Å²) in [7, 11) is 0. The predicted octanol–water partition coefficient (Wildman–Crippen LogP) is 4.35. The van der Waals surface area contributed by atoms with Gasteiger partial charge in [0.05, 0.1) is 12.1 Å². The van der Waals surface area contributed by atoms with E-state index in [4.69, 9.17) is 0 Å². The predicted molar refractivity (Wildman–Crippen MR) is 106 cm³/mol. The molecule has 1 fully saturated rings. The second kappa shape index (κ2) is 6.80. The first-order chi connectivity index (χ1) is 13.3. The Labute approximate surface area is 158 Å². The van der Waals surface area contributed by atoms with Crippen LogP contribution in [0.1, 0.15) is 28.8 Å². The Balaban J connectivity index is 1.49. The van der Waals surface area contributed by atoms with Crippen molar-refractivity contribution in [3.8, 4) is 0 Å². The number of nitrogens with one attached hydrogen (secondary N) is 2. The van der Waals surface area contributed by atoms with E-state index < -0.39 is 0 Å². The SMILES string of the molecule is Fc1ccc(CN2CC3C(c4ccccc4)NNC3c3ccccc32)cc1. The molecule has 2 aliphatic heterocycles. The van der Waals surface area contributed by atoms with Gasteiger partial charge in [-0.25, -0.2) is 15.2 Å². The van der Waals surface area contributed by atoms with Gasteiger partial charge in [-0.3, -0.25) is 0 Å². The van der Waals surface area contributed by atoms with Crippen LogP contribution in [0.5, 0.6) is 0 Å². The summed E-state index contributed by atoms with van der Waals surface area (Å²) in [4.78, 5) is 2.42. The highest BCUT2D eigenvalue weighted by molar-refractivity contribution is 5.58. The van der Waals surface area contributed by atoms with Gasteiger partial charge < -0.3 is 4.90 Å². The Kier molecular flexibility index (Phi) is 4.15. The summed E-state index contributed by atoms with van der Waals surface area (Å²) >= 11 is 0. The van der Waals surface area contributed by atoms with E-state index in [1.165, 1.54) is 16.8 Å². The van der Waals surface area contributed by atoms with Crippen LogP contribution in [0.4, 0.5) is 10.1 Å². The second-order valence-corrected chi connectivity index (χ2v) is 7.38. The minimum Gasteiger partial charge on any atom is -0.367 e. The molecule has 27 heavy (non-hydrogen) atoms. The molecule has 0 radical (unpaired) electrons. The van der Waals surface area contributed by atoms with E-state index in [9.17, 15) is 4.39 Å². The molecule has 136 valence electrons. The van der Waals surface area contributed by atoms with E-state index >= 15 is 0 Å². The molecule has 0 spiro atoms. The van der Waals surface area contributed by atoms with Gasteiger partial charge in [0.1, 0.15) is 5.82 Å². The molecule has 3 nitrogen and oxygen atoms in total. The van der Waals surface area contributed by atoms with Crippen LogP contribution < -0.4 is 15.8 Å². The number of fused-ring (bicyclic) bond motifs is 3. The average molecular weight is 359 g/mol. The maximum Gasteiger partial charge on any atom is 0.123 e. The van der Waals surface area contributed by atoms with Crippen LogP contribution in [0.3, 0.4) is 0 Å². The van der Waals surface area contributed by atoms with Gasteiger partial charge in [0.25, 0.3) is 0 Å². The van der Waals surface area contributed by atoms with Gasteiger partial charge in [-0.2, -0.15) is 0 Å². The lowest BCUT2D eigenvalue weighted by Gasteiger charge is -2.39. The molecule has 0 amide bonds. The molecule has 0 bridgehead atoms. The highest BCUT2D eigenvalue weighted by Gasteiger charge is 2.42. The fourth-order valence-corrected chi connectivity index (χ4v) is 4.45. The van der Waals surface area contributed by atoms with E-state index in [-0.39, 0.29) is 17.9 Å². The van der Waals surface area contributed by atoms with Gasteiger partial charge in [-0.05, 0) is 34.9 Å². The monoisotopic (exact) mass is 359 g/mol. The summed E-state index contributed by atoms with van der Waals surface area (Å²) in [5.41, 5.74) is 12.1. The lowest BCUT2D eigenvalue weighted by Crippen LogP contribution is -2.39. The lowest BCUT2D eigenvalue weighted by atomic mass is 9.82. The maximum absolute atomic E-state index is 13.3. The molecule has 4 heteroatoms. The number of hydrogen-bond acceptors (Lipinski definition) is 3. The molecule has 3 aromatic carbocycles. The van der Waals surface area contributed by atoms with Gasteiger partial charge in [0, 0.05) is 24.7 Å². The number of rotatable bonds is 3. The first kappa shape index (κ1) is 16.5. The van der Waals surface area contributed by atoms with Gasteiger partial charge in [0.2, 0.25) is 0 Å². The van der Waals surface area contributed by atoms with Gasteiger partial charge in [-0.15, -0.1) is 0 Å². The summed E-state index contributed by atoms with van der Waals surface area (Å²) in [6, 6.07) is 26.6. The minimum absolute atomic E-state index is 0.189. The highest BCUT2D eigenvalue weighted by atomic mass is 19.1. The maximum atomic E-state index is 13.3. The summed E-state index contributed by atoms with van der Waals surface area (Å²) in [6.07, 6.45) is 0. The van der Waals surface area contributed by atoms with Crippen molar-refractivity contribution in [2.45, 2.75) is 18.6 Å². The standard InChI is InChI=1S/C23H22FN3/c24-18-12-10-16(11-13-18)14-27-15-20-22(17-6-2-1-3-7-17)25-26-23(20)19-8-4-5-9-21(19)27/h1-13,20,22-23,25-26H,14-15H2. The number of hydrazine groups is 1. The van der Waals surface area contributed by atoms with Crippen molar-refractivity contribution in [1.82, 2.24) is 10.9 Å². The molecule has 3 atom stereocenters. The first-order valence-electron chi connectivity index (χ1n) is 9.44. The van der Waals surface area contributed by atoms with Gasteiger partial charge in [0.15, 0.2) is 0 Å². The van der Waals surface area contributed by atoms with Crippen molar-refractivity contribution in [1.29, 1.82) is 0 Å². The third-order valence-electron chi connectivity index (χ3n) is 5.74. The van der Waals surface area contributed by atoms with Crippen LogP contribution in [0.15, 0.2) is 78.9 Å². The number of anilines is 1. The van der Waals surface area contributed by atoms with Crippen LogP contribution in [-0.4, -0.2) is 6.54 Å². The van der Waals surface area contributed by atoms with E-state index in [1.54, 1.807) is 12.1 Å². The Morgan fingerprint density at radius 2 is 1.52 bits per heavy atom. The molecular weight excluding hydrogens is 337 g/mol. The zero-order chi connectivity index (χ0) is 18.2. The summed E-state index contributed by atoms with van der Waals surface area (Å²) in [5, 5.41) is 0. The lowest BCUT2D eigenvalue weighted by molar-refractivity contribution is 0.402. The average Bonchev–Trinajstić information content (AvgIpc) is 3.14. The third-order valence-corrected chi connectivity index (χ3v) is 5.74. The highest BCUT2D eigenvalue weighted by Crippen LogP contribution is 2.45. The molecule has 5 rings (SSSR count). The summed E-state index contributed by atoms with van der Waals surface area (Å²) < 4.78 is 13.3. The molecule has 0 aromatic heterocycles. The summed E-state index contributed by atoms with van der Waals surface area (Å²) in [5.74, 6) is 0.231. The van der Waals surface area contributed by atoms with Crippen LogP contribution in [-0.2, 0) is 6.54 Å². The zero-order valence-corrected chi connectivity index (χ0v) is 15.0. The Hall–Kier alpha value is -2.69. The Bertz CT molecular complexity index is 926.